The van der Waals surface area contributed by atoms with Gasteiger partial charge in [0, 0.05) is 6.54 Å². The minimum atomic E-state index is -0.153. The minimum Gasteiger partial charge on any atom is -0.348 e. The molecule has 1 aromatic heterocycles. The maximum absolute atomic E-state index is 11.0. The molecule has 0 saturated heterocycles. The Morgan fingerprint density at radius 1 is 1.91 bits per heavy atom. The van der Waals surface area contributed by atoms with E-state index in [9.17, 15) is 4.79 Å². The highest BCUT2D eigenvalue weighted by Crippen LogP contribution is 2.00. The third-order valence-corrected chi connectivity index (χ3v) is 1.66. The number of carbonyl (C=O) groups is 1. The van der Waals surface area contributed by atoms with Crippen molar-refractivity contribution in [2.75, 3.05) is 6.54 Å². The van der Waals surface area contributed by atoms with Gasteiger partial charge in [-0.3, -0.25) is 4.79 Å². The Labute approximate surface area is 68.1 Å². The Hall–Kier alpha value is -1.23. The van der Waals surface area contributed by atoms with Crippen LogP contribution in [-0.2, 0) is 0 Å². The highest BCUT2D eigenvalue weighted by atomic mass is 32.1. The fourth-order valence-corrected chi connectivity index (χ4v) is 0.951. The Balaban J connectivity index is 2.49. The van der Waals surface area contributed by atoms with Crippen molar-refractivity contribution < 1.29 is 4.79 Å². The van der Waals surface area contributed by atoms with Crippen molar-refractivity contribution in [1.29, 1.82) is 0 Å². The van der Waals surface area contributed by atoms with Gasteiger partial charge in [0.05, 0.1) is 6.20 Å². The van der Waals surface area contributed by atoms with Gasteiger partial charge in [-0.25, -0.2) is 0 Å². The van der Waals surface area contributed by atoms with Crippen molar-refractivity contribution in [3.8, 4) is 0 Å². The molecular formula is C6H7N3OS. The second-order valence-corrected chi connectivity index (χ2v) is 2.57. The minimum absolute atomic E-state index is 0.153. The SMILES string of the molecule is C=CCNC(=O)c1cnns1. The van der Waals surface area contributed by atoms with Gasteiger partial charge in [-0.2, -0.15) is 0 Å². The van der Waals surface area contributed by atoms with Gasteiger partial charge < -0.3 is 5.32 Å². The summed E-state index contributed by atoms with van der Waals surface area (Å²) in [6.45, 7) is 3.94. The van der Waals surface area contributed by atoms with Crippen LogP contribution >= 0.6 is 11.5 Å². The molecular weight excluding hydrogens is 162 g/mol. The molecule has 58 valence electrons. The topological polar surface area (TPSA) is 54.9 Å². The second kappa shape index (κ2) is 3.82. The summed E-state index contributed by atoms with van der Waals surface area (Å²) in [5.41, 5.74) is 0. The van der Waals surface area contributed by atoms with Crippen LogP contribution in [0.3, 0.4) is 0 Å². The van der Waals surface area contributed by atoms with Crippen LogP contribution in [0.4, 0.5) is 0 Å². The lowest BCUT2D eigenvalue weighted by Gasteiger charge is -1.95. The largest absolute Gasteiger partial charge is 0.348 e. The first-order chi connectivity index (χ1) is 5.34. The van der Waals surface area contributed by atoms with Gasteiger partial charge in [0.25, 0.3) is 5.91 Å². The van der Waals surface area contributed by atoms with E-state index in [4.69, 9.17) is 0 Å². The molecule has 0 saturated carbocycles. The van der Waals surface area contributed by atoms with Crippen LogP contribution < -0.4 is 5.32 Å². The van der Waals surface area contributed by atoms with Crippen molar-refractivity contribution in [2.45, 2.75) is 0 Å². The second-order valence-electron chi connectivity index (χ2n) is 1.78. The zero-order valence-electron chi connectivity index (χ0n) is 5.78. The van der Waals surface area contributed by atoms with Crippen molar-refractivity contribution in [3.05, 3.63) is 23.7 Å². The molecule has 11 heavy (non-hydrogen) atoms. The molecule has 0 fully saturated rings. The lowest BCUT2D eigenvalue weighted by atomic mass is 10.5. The number of aromatic nitrogens is 2. The monoisotopic (exact) mass is 169 g/mol. The average molecular weight is 169 g/mol. The summed E-state index contributed by atoms with van der Waals surface area (Å²) in [5, 5.41) is 6.14. The maximum Gasteiger partial charge on any atom is 0.264 e. The van der Waals surface area contributed by atoms with Gasteiger partial charge in [-0.05, 0) is 11.5 Å². The molecule has 5 heteroatoms. The van der Waals surface area contributed by atoms with Crippen LogP contribution in [0.2, 0.25) is 0 Å². The van der Waals surface area contributed by atoms with Crippen LogP contribution in [-0.4, -0.2) is 22.0 Å². The van der Waals surface area contributed by atoms with E-state index in [0.29, 0.717) is 11.4 Å². The number of hydrogen-bond donors (Lipinski definition) is 1. The number of carbonyl (C=O) groups excluding carboxylic acids is 1. The first kappa shape index (κ1) is 7.87. The van der Waals surface area contributed by atoms with E-state index in [1.54, 1.807) is 6.08 Å². The molecule has 0 spiro atoms. The number of nitrogens with one attached hydrogen (secondary N) is 1. The normalized spacial score (nSPS) is 9.09. The Morgan fingerprint density at radius 3 is 3.27 bits per heavy atom. The van der Waals surface area contributed by atoms with E-state index < -0.39 is 0 Å². The smallest absolute Gasteiger partial charge is 0.264 e. The highest BCUT2D eigenvalue weighted by Gasteiger charge is 2.05. The van der Waals surface area contributed by atoms with E-state index in [2.05, 4.69) is 21.5 Å². The summed E-state index contributed by atoms with van der Waals surface area (Å²) in [4.78, 5) is 11.6. The molecule has 0 radical (unpaired) electrons. The molecule has 1 aromatic rings. The molecule has 1 N–H and O–H groups in total. The van der Waals surface area contributed by atoms with Gasteiger partial charge in [0.2, 0.25) is 0 Å². The van der Waals surface area contributed by atoms with Gasteiger partial charge in [-0.15, -0.1) is 11.7 Å². The molecule has 4 nitrogen and oxygen atoms in total. The van der Waals surface area contributed by atoms with Crippen molar-refractivity contribution >= 4 is 17.4 Å². The predicted octanol–water partition coefficient (Wildman–Crippen LogP) is 0.454. The van der Waals surface area contributed by atoms with Crippen molar-refractivity contribution in [3.63, 3.8) is 0 Å². The molecule has 0 aliphatic carbocycles. The van der Waals surface area contributed by atoms with E-state index in [0.717, 1.165) is 11.5 Å². The van der Waals surface area contributed by atoms with Crippen LogP contribution in [0.1, 0.15) is 9.67 Å². The maximum atomic E-state index is 11.0. The van der Waals surface area contributed by atoms with Crippen molar-refractivity contribution in [2.24, 2.45) is 0 Å². The van der Waals surface area contributed by atoms with Crippen LogP contribution in [0.5, 0.6) is 0 Å². The van der Waals surface area contributed by atoms with Gasteiger partial charge >= 0.3 is 0 Å². The third-order valence-electron chi connectivity index (χ3n) is 0.992. The Morgan fingerprint density at radius 2 is 2.73 bits per heavy atom. The lowest BCUT2D eigenvalue weighted by Crippen LogP contribution is -2.22. The highest BCUT2D eigenvalue weighted by molar-refractivity contribution is 7.07. The summed E-state index contributed by atoms with van der Waals surface area (Å²) >= 11 is 1.07. The summed E-state index contributed by atoms with van der Waals surface area (Å²) in [5.74, 6) is -0.153. The van der Waals surface area contributed by atoms with E-state index >= 15 is 0 Å². The molecule has 0 bridgehead atoms. The average Bonchev–Trinajstić information content (AvgIpc) is 2.52. The standard InChI is InChI=1S/C6H7N3OS/c1-2-3-7-6(10)5-4-8-9-11-5/h2,4H,1,3H2,(H,7,10). The summed E-state index contributed by atoms with van der Waals surface area (Å²) in [7, 11) is 0. The zero-order chi connectivity index (χ0) is 8.10. The molecule has 1 heterocycles. The van der Waals surface area contributed by atoms with Crippen LogP contribution in [0.25, 0.3) is 0 Å². The van der Waals surface area contributed by atoms with Crippen molar-refractivity contribution in [1.82, 2.24) is 14.9 Å². The fourth-order valence-electron chi connectivity index (χ4n) is 0.519. The van der Waals surface area contributed by atoms with Gasteiger partial charge in [0.1, 0.15) is 4.88 Å². The summed E-state index contributed by atoms with van der Waals surface area (Å²) in [6, 6.07) is 0. The summed E-state index contributed by atoms with van der Waals surface area (Å²) < 4.78 is 3.56. The zero-order valence-corrected chi connectivity index (χ0v) is 6.60. The Bertz CT molecular complexity index is 244. The van der Waals surface area contributed by atoms with E-state index in [-0.39, 0.29) is 5.91 Å². The van der Waals surface area contributed by atoms with Crippen LogP contribution in [0, 0.1) is 0 Å². The molecule has 0 aromatic carbocycles. The molecule has 1 amide bonds. The number of amides is 1. The molecule has 1 rings (SSSR count). The first-order valence-corrected chi connectivity index (χ1v) is 3.78. The molecule has 0 atom stereocenters. The van der Waals surface area contributed by atoms with E-state index in [1.807, 2.05) is 0 Å². The first-order valence-electron chi connectivity index (χ1n) is 3.01. The van der Waals surface area contributed by atoms with Crippen LogP contribution in [0.15, 0.2) is 18.9 Å². The number of nitrogens with zero attached hydrogens (tertiary/aromatic N) is 2. The quantitative estimate of drug-likeness (QED) is 0.668. The number of rotatable bonds is 3. The van der Waals surface area contributed by atoms with Gasteiger partial charge in [0.15, 0.2) is 0 Å². The number of hydrogen-bond acceptors (Lipinski definition) is 4. The Kier molecular flexibility index (Phi) is 2.74. The lowest BCUT2D eigenvalue weighted by molar-refractivity contribution is 0.0962. The third kappa shape index (κ3) is 2.12. The summed E-state index contributed by atoms with van der Waals surface area (Å²) in [6.07, 6.45) is 3.05. The molecule has 0 aliphatic heterocycles. The molecule has 0 aliphatic rings. The molecule has 0 unspecified atom stereocenters. The van der Waals surface area contributed by atoms with Gasteiger partial charge in [-0.1, -0.05) is 10.6 Å². The fraction of sp³-hybridized carbons (Fsp3) is 0.167. The van der Waals surface area contributed by atoms with E-state index in [1.165, 1.54) is 6.20 Å². The predicted molar refractivity (Wildman–Crippen MR) is 42.4 cm³/mol.